The molecule has 0 fully saturated rings. The van der Waals surface area contributed by atoms with E-state index >= 15 is 0 Å². The maximum atomic E-state index is 2.42. The molecule has 51 heavy (non-hydrogen) atoms. The number of hydrogen-bond acceptors (Lipinski definition) is 1. The molecule has 0 amide bonds. The summed E-state index contributed by atoms with van der Waals surface area (Å²) in [7, 11) is 0. The molecular formula is C48H37N3. The highest BCUT2D eigenvalue weighted by molar-refractivity contribution is 6.18. The molecule has 0 spiro atoms. The maximum Gasteiger partial charge on any atom is 0.0547 e. The van der Waals surface area contributed by atoms with E-state index in [4.69, 9.17) is 0 Å². The molecule has 0 bridgehead atoms. The minimum Gasteiger partial charge on any atom is -0.311 e. The average Bonchev–Trinajstić information content (AvgIpc) is 3.70. The quantitative estimate of drug-likeness (QED) is 0.180. The molecule has 10 rings (SSSR count). The van der Waals surface area contributed by atoms with Crippen LogP contribution in [0.1, 0.15) is 13.8 Å². The van der Waals surface area contributed by atoms with Gasteiger partial charge in [0.05, 0.1) is 22.1 Å². The van der Waals surface area contributed by atoms with Gasteiger partial charge in [0.2, 0.25) is 0 Å². The average molecular weight is 656 g/mol. The number of benzene rings is 8. The van der Waals surface area contributed by atoms with Crippen LogP contribution in [0.15, 0.2) is 188 Å². The zero-order chi connectivity index (χ0) is 34.3. The van der Waals surface area contributed by atoms with Gasteiger partial charge in [0.1, 0.15) is 0 Å². The number of rotatable bonds is 5. The number of hydrogen-bond donors (Lipinski definition) is 0. The Morgan fingerprint density at radius 2 is 0.686 bits per heavy atom. The SMILES string of the molecule is CC.c1ccc(N(c2ccccc2)c2ccc(-n3c4ccccc4c4cc5cc6c(cc5cc43)c3ccccc3n6-c3ccccc3)cc2)cc1. The molecule has 3 nitrogen and oxygen atoms in total. The number of para-hydroxylation sites is 5. The fraction of sp³-hybridized carbons (Fsp3) is 0.0417. The first-order valence-electron chi connectivity index (χ1n) is 17.8. The monoisotopic (exact) mass is 655 g/mol. The van der Waals surface area contributed by atoms with Gasteiger partial charge in [-0.05, 0) is 108 Å². The minimum atomic E-state index is 1.12. The second-order valence-electron chi connectivity index (χ2n) is 12.6. The Bertz CT molecular complexity index is 2750. The van der Waals surface area contributed by atoms with Crippen LogP contribution in [-0.4, -0.2) is 9.13 Å². The van der Waals surface area contributed by atoms with Crippen LogP contribution in [0.5, 0.6) is 0 Å². The van der Waals surface area contributed by atoms with Crippen molar-refractivity contribution in [3.05, 3.63) is 188 Å². The number of aromatic nitrogens is 2. The van der Waals surface area contributed by atoms with Crippen molar-refractivity contribution in [3.63, 3.8) is 0 Å². The molecule has 3 heteroatoms. The highest BCUT2D eigenvalue weighted by Crippen LogP contribution is 2.40. The van der Waals surface area contributed by atoms with E-state index in [0.29, 0.717) is 0 Å². The first-order chi connectivity index (χ1) is 25.3. The van der Waals surface area contributed by atoms with Crippen LogP contribution in [0.2, 0.25) is 0 Å². The van der Waals surface area contributed by atoms with Crippen LogP contribution in [0.3, 0.4) is 0 Å². The Kier molecular flexibility index (Phi) is 7.59. The summed E-state index contributed by atoms with van der Waals surface area (Å²) in [5.74, 6) is 0. The van der Waals surface area contributed by atoms with Gasteiger partial charge in [0.25, 0.3) is 0 Å². The molecule has 244 valence electrons. The lowest BCUT2D eigenvalue weighted by molar-refractivity contribution is 1.17. The Labute approximate surface area is 297 Å². The molecule has 0 radical (unpaired) electrons. The lowest BCUT2D eigenvalue weighted by Gasteiger charge is -2.25. The maximum absolute atomic E-state index is 2.42. The normalized spacial score (nSPS) is 11.3. The summed E-state index contributed by atoms with van der Waals surface area (Å²) in [5.41, 5.74) is 10.5. The highest BCUT2D eigenvalue weighted by Gasteiger charge is 2.18. The van der Waals surface area contributed by atoms with Crippen molar-refractivity contribution in [2.24, 2.45) is 0 Å². The third-order valence-corrected chi connectivity index (χ3v) is 9.83. The van der Waals surface area contributed by atoms with Crippen molar-refractivity contribution >= 4 is 71.4 Å². The van der Waals surface area contributed by atoms with Gasteiger partial charge in [0.15, 0.2) is 0 Å². The summed E-state index contributed by atoms with van der Waals surface area (Å²) >= 11 is 0. The fourth-order valence-electron chi connectivity index (χ4n) is 7.66. The van der Waals surface area contributed by atoms with Crippen LogP contribution in [0, 0.1) is 0 Å². The summed E-state index contributed by atoms with van der Waals surface area (Å²) in [6.07, 6.45) is 0. The molecule has 0 N–H and O–H groups in total. The summed E-state index contributed by atoms with van der Waals surface area (Å²) in [5, 5.41) is 7.50. The van der Waals surface area contributed by atoms with E-state index in [0.717, 1.165) is 22.7 Å². The van der Waals surface area contributed by atoms with E-state index < -0.39 is 0 Å². The highest BCUT2D eigenvalue weighted by atomic mass is 15.1. The van der Waals surface area contributed by atoms with E-state index in [1.54, 1.807) is 0 Å². The first-order valence-corrected chi connectivity index (χ1v) is 17.8. The molecule has 2 aromatic heterocycles. The van der Waals surface area contributed by atoms with Gasteiger partial charge in [0, 0.05) is 50.0 Å². The number of anilines is 3. The Morgan fingerprint density at radius 3 is 1.16 bits per heavy atom. The molecule has 0 saturated heterocycles. The first kappa shape index (κ1) is 30.5. The summed E-state index contributed by atoms with van der Waals surface area (Å²) in [6, 6.07) is 67.8. The lowest BCUT2D eigenvalue weighted by Crippen LogP contribution is -2.09. The van der Waals surface area contributed by atoms with Gasteiger partial charge in [-0.25, -0.2) is 0 Å². The van der Waals surface area contributed by atoms with Crippen molar-refractivity contribution in [2.45, 2.75) is 13.8 Å². The fourth-order valence-corrected chi connectivity index (χ4v) is 7.66. The molecule has 0 aliphatic carbocycles. The van der Waals surface area contributed by atoms with Gasteiger partial charge < -0.3 is 14.0 Å². The van der Waals surface area contributed by atoms with Crippen molar-refractivity contribution in [2.75, 3.05) is 4.90 Å². The molecular weight excluding hydrogens is 619 g/mol. The lowest BCUT2D eigenvalue weighted by atomic mass is 10.0. The molecule has 10 aromatic rings. The van der Waals surface area contributed by atoms with Crippen molar-refractivity contribution < 1.29 is 0 Å². The van der Waals surface area contributed by atoms with Gasteiger partial charge in [-0.1, -0.05) is 105 Å². The summed E-state index contributed by atoms with van der Waals surface area (Å²) < 4.78 is 4.81. The van der Waals surface area contributed by atoms with Crippen LogP contribution in [-0.2, 0) is 0 Å². The van der Waals surface area contributed by atoms with Gasteiger partial charge in [-0.2, -0.15) is 0 Å². The van der Waals surface area contributed by atoms with E-state index in [9.17, 15) is 0 Å². The van der Waals surface area contributed by atoms with Crippen molar-refractivity contribution in [1.82, 2.24) is 9.13 Å². The van der Waals surface area contributed by atoms with Crippen LogP contribution in [0.4, 0.5) is 17.1 Å². The Morgan fingerprint density at radius 1 is 0.314 bits per heavy atom. The van der Waals surface area contributed by atoms with E-state index in [2.05, 4.69) is 202 Å². The van der Waals surface area contributed by atoms with Crippen molar-refractivity contribution in [1.29, 1.82) is 0 Å². The molecule has 0 unspecified atom stereocenters. The number of nitrogens with zero attached hydrogens (tertiary/aromatic N) is 3. The van der Waals surface area contributed by atoms with E-state index in [-0.39, 0.29) is 0 Å². The topological polar surface area (TPSA) is 13.1 Å². The molecule has 0 saturated carbocycles. The molecule has 0 aliphatic heterocycles. The predicted molar refractivity (Wildman–Crippen MR) is 219 cm³/mol. The third kappa shape index (κ3) is 5.05. The second kappa shape index (κ2) is 12.7. The summed E-state index contributed by atoms with van der Waals surface area (Å²) in [4.78, 5) is 2.31. The van der Waals surface area contributed by atoms with Crippen molar-refractivity contribution in [3.8, 4) is 11.4 Å². The molecule has 0 atom stereocenters. The van der Waals surface area contributed by atoms with E-state index in [1.807, 2.05) is 13.8 Å². The zero-order valence-corrected chi connectivity index (χ0v) is 28.7. The van der Waals surface area contributed by atoms with Gasteiger partial charge in [-0.15, -0.1) is 0 Å². The standard InChI is InChI=1S/C46H31N3.C2H6/c1-4-14-34(15-5-1)47(35-16-6-2-7-17-35)37-24-26-38(27-25-37)49-44-23-13-11-21-40(44)42-29-32-30-45-41(28-33(32)31-46(42)49)39-20-10-12-22-43(39)48(45)36-18-8-3-9-19-36;1-2/h1-31H;1-2H3. The van der Waals surface area contributed by atoms with Gasteiger partial charge >= 0.3 is 0 Å². The van der Waals surface area contributed by atoms with Crippen LogP contribution in [0.25, 0.3) is 65.8 Å². The minimum absolute atomic E-state index is 1.12. The van der Waals surface area contributed by atoms with Gasteiger partial charge in [-0.3, -0.25) is 0 Å². The summed E-state index contributed by atoms with van der Waals surface area (Å²) in [6.45, 7) is 4.00. The molecule has 8 aromatic carbocycles. The van der Waals surface area contributed by atoms with E-state index in [1.165, 1.54) is 60.1 Å². The zero-order valence-electron chi connectivity index (χ0n) is 28.7. The Hall–Kier alpha value is -6.58. The second-order valence-corrected chi connectivity index (χ2v) is 12.6. The predicted octanol–water partition coefficient (Wildman–Crippen LogP) is 13.5. The number of fused-ring (bicyclic) bond motifs is 7. The Balaban J connectivity index is 0.00000171. The molecule has 0 aliphatic rings. The smallest absolute Gasteiger partial charge is 0.0547 e. The third-order valence-electron chi connectivity index (χ3n) is 9.83. The largest absolute Gasteiger partial charge is 0.311 e. The van der Waals surface area contributed by atoms with Crippen LogP contribution >= 0.6 is 0 Å². The van der Waals surface area contributed by atoms with Crippen LogP contribution < -0.4 is 4.90 Å². The molecule has 2 heterocycles.